The number of allylic oxidation sites excluding steroid dienone is 3. The number of hydrogen-bond donors (Lipinski definition) is 2. The van der Waals surface area contributed by atoms with Crippen LogP contribution in [0.1, 0.15) is 124 Å². The highest BCUT2D eigenvalue weighted by Gasteiger charge is 2.44. The summed E-state index contributed by atoms with van der Waals surface area (Å²) < 4.78 is 27.6. The zero-order valence-corrected chi connectivity index (χ0v) is 39.6. The lowest BCUT2D eigenvalue weighted by atomic mass is 9.98. The largest absolute Gasteiger partial charge is 0.543 e. The lowest BCUT2D eigenvalue weighted by Gasteiger charge is -2.43. The fraction of sp³-hybridized carbons (Fsp3) is 0.674. The number of fused-ring (bicyclic) bond motifs is 1. The molecule has 306 valence electrons. The third kappa shape index (κ3) is 14.3. The molecule has 1 amide bonds. The molecule has 0 aromatic heterocycles. The number of hydrogen-bond acceptors (Lipinski definition) is 7. The molecule has 0 spiro atoms. The van der Waals surface area contributed by atoms with E-state index in [2.05, 4.69) is 113 Å². The summed E-state index contributed by atoms with van der Waals surface area (Å²) in [5, 5.41) is 13.5. The molecule has 8 nitrogen and oxygen atoms in total. The predicted octanol–water partition coefficient (Wildman–Crippen LogP) is 11.3. The van der Waals surface area contributed by atoms with Crippen LogP contribution in [0.3, 0.4) is 0 Å². The zero-order chi connectivity index (χ0) is 41.3. The Morgan fingerprint density at radius 3 is 2.02 bits per heavy atom. The van der Waals surface area contributed by atoms with Gasteiger partial charge in [-0.2, -0.15) is 0 Å². The van der Waals surface area contributed by atoms with E-state index in [0.717, 1.165) is 12.0 Å². The number of nitrogens with one attached hydrogen (secondary N) is 1. The van der Waals surface area contributed by atoms with E-state index in [1.165, 1.54) is 6.08 Å². The highest BCUT2D eigenvalue weighted by molar-refractivity contribution is 6.75. The first-order valence-electron chi connectivity index (χ1n) is 20.0. The van der Waals surface area contributed by atoms with Crippen molar-refractivity contribution >= 4 is 42.9 Å². The predicted molar refractivity (Wildman–Crippen MR) is 232 cm³/mol. The van der Waals surface area contributed by atoms with Crippen molar-refractivity contribution in [1.29, 1.82) is 0 Å². The van der Waals surface area contributed by atoms with Crippen molar-refractivity contribution in [2.45, 2.75) is 187 Å². The number of esters is 1. The van der Waals surface area contributed by atoms with Crippen LogP contribution in [0.5, 0.6) is 5.75 Å². The number of aliphatic hydroxyl groups excluding tert-OH is 1. The minimum Gasteiger partial charge on any atom is -0.543 e. The summed E-state index contributed by atoms with van der Waals surface area (Å²) >= 11 is 0. The topological polar surface area (TPSA) is 103 Å². The molecule has 0 saturated heterocycles. The van der Waals surface area contributed by atoms with E-state index in [4.69, 9.17) is 18.0 Å². The van der Waals surface area contributed by atoms with Gasteiger partial charge in [-0.15, -0.1) is 0 Å². The quantitative estimate of drug-likeness (QED) is 0.0673. The zero-order valence-electron chi connectivity index (χ0n) is 36.6. The van der Waals surface area contributed by atoms with Crippen LogP contribution in [0.2, 0.25) is 54.4 Å². The Hall–Kier alpha value is -2.29. The standard InChI is InChI=1S/C43H75NO7Si3/c1-17-18-19-20-27-37(45)44-38(46)29-28-33-30-35(50-53(13,14)42(5,6)7)31-34(49-52(11,12)41(2,3)4)25-21-23-32-24-22-26-36(39(32)40(47)48-33)51-54(15,16)43(8,9)10/h18-24,26-27,33-35,38,46H,17,25,28-31H2,1-16H3,(H,44,45)/b19-18-,23-21+,27-20-/t33-,34+,35-,38?/m0/s1. The van der Waals surface area contributed by atoms with Gasteiger partial charge in [0.1, 0.15) is 23.6 Å². The maximum atomic E-state index is 14.5. The highest BCUT2D eigenvalue weighted by Crippen LogP contribution is 2.42. The van der Waals surface area contributed by atoms with E-state index in [1.807, 2.05) is 37.3 Å². The number of cyclic esters (lactones) is 1. The fourth-order valence-corrected chi connectivity index (χ4v) is 9.13. The third-order valence-electron chi connectivity index (χ3n) is 11.8. The third-order valence-corrected chi connectivity index (χ3v) is 25.2. The van der Waals surface area contributed by atoms with Crippen LogP contribution in [0, 0.1) is 0 Å². The van der Waals surface area contributed by atoms with Crippen LogP contribution < -0.4 is 9.74 Å². The monoisotopic (exact) mass is 801 g/mol. The minimum atomic E-state index is -2.34. The van der Waals surface area contributed by atoms with Crippen molar-refractivity contribution in [2.24, 2.45) is 0 Å². The second-order valence-corrected chi connectivity index (χ2v) is 33.8. The maximum Gasteiger partial charge on any atom is 0.342 e. The number of amides is 1. The molecule has 0 bridgehead atoms. The van der Waals surface area contributed by atoms with Crippen LogP contribution in [0.4, 0.5) is 0 Å². The Bertz CT molecular complexity index is 1480. The molecular weight excluding hydrogens is 727 g/mol. The molecule has 1 heterocycles. The van der Waals surface area contributed by atoms with Crippen LogP contribution in [0.25, 0.3) is 6.08 Å². The molecule has 0 radical (unpaired) electrons. The number of benzene rings is 1. The van der Waals surface area contributed by atoms with Crippen LogP contribution in [-0.4, -0.2) is 66.5 Å². The number of carbonyl (C=O) groups is 2. The lowest BCUT2D eigenvalue weighted by Crippen LogP contribution is -2.48. The Morgan fingerprint density at radius 2 is 1.46 bits per heavy atom. The van der Waals surface area contributed by atoms with Gasteiger partial charge in [-0.05, 0) is 98.1 Å². The van der Waals surface area contributed by atoms with Crippen molar-refractivity contribution in [1.82, 2.24) is 5.32 Å². The van der Waals surface area contributed by atoms with Gasteiger partial charge in [-0.1, -0.05) is 112 Å². The number of aliphatic hydroxyl groups is 1. The minimum absolute atomic E-state index is 0.0128. The Kier molecular flexibility index (Phi) is 17.0. The smallest absolute Gasteiger partial charge is 0.342 e. The Morgan fingerprint density at radius 1 is 0.889 bits per heavy atom. The summed E-state index contributed by atoms with van der Waals surface area (Å²) in [5.41, 5.74) is 1.12. The molecule has 1 aromatic carbocycles. The molecule has 11 heteroatoms. The highest BCUT2D eigenvalue weighted by atomic mass is 28.4. The average Bonchev–Trinajstić information content (AvgIpc) is 2.99. The van der Waals surface area contributed by atoms with Gasteiger partial charge >= 0.3 is 5.97 Å². The van der Waals surface area contributed by atoms with E-state index in [1.54, 1.807) is 12.2 Å². The summed E-state index contributed by atoms with van der Waals surface area (Å²) in [7, 11) is -6.81. The van der Waals surface area contributed by atoms with Gasteiger partial charge < -0.3 is 28.4 Å². The van der Waals surface area contributed by atoms with Crippen LogP contribution in [0.15, 0.2) is 48.6 Å². The van der Waals surface area contributed by atoms with Gasteiger partial charge in [-0.3, -0.25) is 4.79 Å². The van der Waals surface area contributed by atoms with Gasteiger partial charge in [0.25, 0.3) is 8.32 Å². The van der Waals surface area contributed by atoms with E-state index >= 15 is 0 Å². The van der Waals surface area contributed by atoms with Crippen LogP contribution >= 0.6 is 0 Å². The van der Waals surface area contributed by atoms with Crippen molar-refractivity contribution in [3.63, 3.8) is 0 Å². The Labute approximate surface area is 331 Å². The first-order chi connectivity index (χ1) is 24.6. The molecule has 0 fully saturated rings. The van der Waals surface area contributed by atoms with Gasteiger partial charge in [0, 0.05) is 12.5 Å². The first-order valence-corrected chi connectivity index (χ1v) is 28.7. The molecule has 2 N–H and O–H groups in total. The van der Waals surface area contributed by atoms with Crippen molar-refractivity contribution in [2.75, 3.05) is 0 Å². The molecule has 1 aliphatic heterocycles. The van der Waals surface area contributed by atoms with Crippen LogP contribution in [-0.2, 0) is 18.4 Å². The van der Waals surface area contributed by atoms with E-state index in [0.29, 0.717) is 37.0 Å². The van der Waals surface area contributed by atoms with Gasteiger partial charge in [-0.25, -0.2) is 4.79 Å². The average molecular weight is 802 g/mol. The molecule has 1 aromatic rings. The van der Waals surface area contributed by atoms with Crippen molar-refractivity contribution in [3.8, 4) is 5.75 Å². The fourth-order valence-electron chi connectivity index (χ4n) is 5.34. The van der Waals surface area contributed by atoms with Gasteiger partial charge in [0.15, 0.2) is 16.6 Å². The molecule has 2 rings (SSSR count). The second kappa shape index (κ2) is 19.2. The summed E-state index contributed by atoms with van der Waals surface area (Å²) in [5.74, 6) is -0.348. The number of rotatable bonds is 13. The van der Waals surface area contributed by atoms with E-state index in [9.17, 15) is 14.7 Å². The normalized spacial score (nSPS) is 21.2. The van der Waals surface area contributed by atoms with Crippen molar-refractivity contribution < 1.29 is 32.7 Å². The Balaban J connectivity index is 2.69. The molecule has 1 unspecified atom stereocenters. The molecular formula is C43H75NO7Si3. The lowest BCUT2D eigenvalue weighted by molar-refractivity contribution is -0.119. The molecule has 1 aliphatic rings. The summed E-state index contributed by atoms with van der Waals surface area (Å²) in [4.78, 5) is 27.0. The summed E-state index contributed by atoms with van der Waals surface area (Å²) in [6.45, 7) is 35.4. The molecule has 0 aliphatic carbocycles. The van der Waals surface area contributed by atoms with E-state index in [-0.39, 0.29) is 33.7 Å². The molecule has 4 atom stereocenters. The number of carbonyl (C=O) groups excluding carboxylic acids is 2. The molecule has 54 heavy (non-hydrogen) atoms. The van der Waals surface area contributed by atoms with Gasteiger partial charge in [0.05, 0.1) is 12.2 Å². The van der Waals surface area contributed by atoms with Crippen molar-refractivity contribution in [3.05, 3.63) is 59.7 Å². The second-order valence-electron chi connectivity index (χ2n) is 19.5. The SMILES string of the molecule is CC/C=C\C=C/C(=O)NC(O)CC[C@H]1C[C@H](O[Si](C)(C)C(C)(C)C)C[C@H](O[Si](C)(C)C(C)(C)C)C/C=C/c2cccc(O[Si](C)(C)C(C)(C)C)c2C(=O)O1. The number of ether oxygens (including phenoxy) is 1. The van der Waals surface area contributed by atoms with E-state index < -0.39 is 49.2 Å². The first kappa shape index (κ1) is 47.9. The summed E-state index contributed by atoms with van der Waals surface area (Å²) in [6.07, 6.45) is 11.8. The maximum absolute atomic E-state index is 14.5. The summed E-state index contributed by atoms with van der Waals surface area (Å²) in [6, 6.07) is 5.73. The molecule has 0 saturated carbocycles. The van der Waals surface area contributed by atoms with Gasteiger partial charge in [0.2, 0.25) is 5.91 Å².